The number of rotatable bonds is 7. The molecule has 128 valence electrons. The Balaban J connectivity index is 1.81. The van der Waals surface area contributed by atoms with E-state index in [1.54, 1.807) is 6.92 Å². The van der Waals surface area contributed by atoms with E-state index in [9.17, 15) is 4.79 Å². The van der Waals surface area contributed by atoms with Crippen LogP contribution in [0.25, 0.3) is 0 Å². The molecular weight excluding hydrogens is 300 g/mol. The summed E-state index contributed by atoms with van der Waals surface area (Å²) in [5, 5.41) is 2.91. The molecule has 1 amide bonds. The van der Waals surface area contributed by atoms with Gasteiger partial charge in [0.1, 0.15) is 5.75 Å². The van der Waals surface area contributed by atoms with Gasteiger partial charge in [-0.1, -0.05) is 38.1 Å². The third-order valence-corrected chi connectivity index (χ3v) is 3.90. The predicted octanol–water partition coefficient (Wildman–Crippen LogP) is 3.52. The summed E-state index contributed by atoms with van der Waals surface area (Å²) in [6.07, 6.45) is 0.237. The fourth-order valence-corrected chi connectivity index (χ4v) is 2.36. The molecule has 0 fully saturated rings. The normalized spacial score (nSPS) is 12.0. The summed E-state index contributed by atoms with van der Waals surface area (Å²) in [5.74, 6) is 1.04. The molecule has 2 aromatic rings. The van der Waals surface area contributed by atoms with Crippen LogP contribution in [0.3, 0.4) is 0 Å². The first kappa shape index (κ1) is 17.9. The molecule has 0 heterocycles. The van der Waals surface area contributed by atoms with Crippen LogP contribution in [0.15, 0.2) is 48.5 Å². The molecule has 0 saturated heterocycles. The molecule has 0 bridgehead atoms. The highest BCUT2D eigenvalue weighted by Gasteiger charge is 2.14. The van der Waals surface area contributed by atoms with Gasteiger partial charge in [-0.3, -0.25) is 4.79 Å². The zero-order valence-electron chi connectivity index (χ0n) is 14.6. The lowest BCUT2D eigenvalue weighted by molar-refractivity contribution is -0.127. The Bertz CT molecular complexity index is 666. The van der Waals surface area contributed by atoms with E-state index in [1.807, 2.05) is 42.5 Å². The van der Waals surface area contributed by atoms with Gasteiger partial charge >= 0.3 is 0 Å². The van der Waals surface area contributed by atoms with Crippen LogP contribution in [0.1, 0.15) is 37.8 Å². The molecule has 3 N–H and O–H groups in total. The molecule has 2 rings (SSSR count). The van der Waals surface area contributed by atoms with Crippen LogP contribution >= 0.6 is 0 Å². The highest BCUT2D eigenvalue weighted by molar-refractivity contribution is 5.80. The average molecular weight is 326 g/mol. The molecule has 0 aromatic heterocycles. The van der Waals surface area contributed by atoms with Gasteiger partial charge in [0.15, 0.2) is 6.10 Å². The number of nitrogens with two attached hydrogens (primary N) is 1. The summed E-state index contributed by atoms with van der Waals surface area (Å²) in [5.41, 5.74) is 8.74. The van der Waals surface area contributed by atoms with Crippen molar-refractivity contribution in [2.45, 2.75) is 39.2 Å². The van der Waals surface area contributed by atoms with Crippen molar-refractivity contribution in [3.05, 3.63) is 59.7 Å². The second-order valence-corrected chi connectivity index (χ2v) is 6.27. The minimum Gasteiger partial charge on any atom is -0.481 e. The monoisotopic (exact) mass is 326 g/mol. The van der Waals surface area contributed by atoms with Crippen molar-refractivity contribution >= 4 is 11.6 Å². The zero-order chi connectivity index (χ0) is 17.5. The molecule has 4 nitrogen and oxygen atoms in total. The van der Waals surface area contributed by atoms with Gasteiger partial charge in [0.2, 0.25) is 0 Å². The van der Waals surface area contributed by atoms with Crippen molar-refractivity contribution in [2.24, 2.45) is 0 Å². The number of carbonyl (C=O) groups is 1. The zero-order valence-corrected chi connectivity index (χ0v) is 14.6. The van der Waals surface area contributed by atoms with Gasteiger partial charge in [0, 0.05) is 12.2 Å². The van der Waals surface area contributed by atoms with Crippen LogP contribution in [-0.4, -0.2) is 18.6 Å². The SMILES string of the molecule is CC(Oc1cccc(C(C)C)c1)C(=O)NCCc1ccc(N)cc1. The van der Waals surface area contributed by atoms with Crippen LogP contribution in [0.2, 0.25) is 0 Å². The Morgan fingerprint density at radius 1 is 1.12 bits per heavy atom. The third kappa shape index (κ3) is 5.30. The molecule has 0 radical (unpaired) electrons. The van der Waals surface area contributed by atoms with Crippen molar-refractivity contribution in [2.75, 3.05) is 12.3 Å². The fourth-order valence-electron chi connectivity index (χ4n) is 2.36. The number of amides is 1. The Morgan fingerprint density at radius 3 is 2.50 bits per heavy atom. The molecule has 1 atom stereocenters. The lowest BCUT2D eigenvalue weighted by Crippen LogP contribution is -2.37. The summed E-state index contributed by atoms with van der Waals surface area (Å²) < 4.78 is 5.76. The van der Waals surface area contributed by atoms with Crippen molar-refractivity contribution in [3.8, 4) is 5.75 Å². The maximum Gasteiger partial charge on any atom is 0.260 e. The van der Waals surface area contributed by atoms with Crippen molar-refractivity contribution in [1.82, 2.24) is 5.32 Å². The number of carbonyl (C=O) groups excluding carboxylic acids is 1. The lowest BCUT2D eigenvalue weighted by Gasteiger charge is -2.16. The largest absolute Gasteiger partial charge is 0.481 e. The highest BCUT2D eigenvalue weighted by Crippen LogP contribution is 2.21. The highest BCUT2D eigenvalue weighted by atomic mass is 16.5. The lowest BCUT2D eigenvalue weighted by atomic mass is 10.0. The average Bonchev–Trinajstić information content (AvgIpc) is 2.56. The van der Waals surface area contributed by atoms with Crippen LogP contribution < -0.4 is 15.8 Å². The summed E-state index contributed by atoms with van der Waals surface area (Å²) in [4.78, 5) is 12.2. The maximum atomic E-state index is 12.2. The number of hydrogen-bond acceptors (Lipinski definition) is 3. The first-order valence-electron chi connectivity index (χ1n) is 8.34. The van der Waals surface area contributed by atoms with Crippen LogP contribution in [0.4, 0.5) is 5.69 Å². The molecule has 2 aromatic carbocycles. The summed E-state index contributed by atoms with van der Waals surface area (Å²) >= 11 is 0. The number of nitrogens with one attached hydrogen (secondary N) is 1. The van der Waals surface area contributed by atoms with E-state index >= 15 is 0 Å². The van der Waals surface area contributed by atoms with E-state index in [-0.39, 0.29) is 5.91 Å². The number of nitrogen functional groups attached to an aromatic ring is 1. The van der Waals surface area contributed by atoms with Crippen molar-refractivity contribution in [1.29, 1.82) is 0 Å². The second-order valence-electron chi connectivity index (χ2n) is 6.27. The second kappa shape index (κ2) is 8.39. The van der Waals surface area contributed by atoms with E-state index in [2.05, 4.69) is 25.2 Å². The number of benzene rings is 2. The Kier molecular flexibility index (Phi) is 6.24. The topological polar surface area (TPSA) is 64.3 Å². The van der Waals surface area contributed by atoms with E-state index in [0.29, 0.717) is 12.5 Å². The minimum atomic E-state index is -0.529. The van der Waals surface area contributed by atoms with Gasteiger partial charge < -0.3 is 15.8 Å². The van der Waals surface area contributed by atoms with Crippen molar-refractivity contribution in [3.63, 3.8) is 0 Å². The molecule has 24 heavy (non-hydrogen) atoms. The fraction of sp³-hybridized carbons (Fsp3) is 0.350. The van der Waals surface area contributed by atoms with Gasteiger partial charge in [-0.25, -0.2) is 0 Å². The van der Waals surface area contributed by atoms with Crippen molar-refractivity contribution < 1.29 is 9.53 Å². The first-order chi connectivity index (χ1) is 11.5. The van der Waals surface area contributed by atoms with E-state index < -0.39 is 6.10 Å². The summed E-state index contributed by atoms with van der Waals surface area (Å²) in [7, 11) is 0. The van der Waals surface area contributed by atoms with E-state index in [1.165, 1.54) is 5.56 Å². The van der Waals surface area contributed by atoms with Gasteiger partial charge in [-0.2, -0.15) is 0 Å². The number of hydrogen-bond donors (Lipinski definition) is 2. The minimum absolute atomic E-state index is 0.111. The Morgan fingerprint density at radius 2 is 1.83 bits per heavy atom. The van der Waals surface area contributed by atoms with Gasteiger partial charge in [0.05, 0.1) is 0 Å². The molecule has 4 heteroatoms. The van der Waals surface area contributed by atoms with Crippen LogP contribution in [0.5, 0.6) is 5.75 Å². The standard InChI is InChI=1S/C20H26N2O2/c1-14(2)17-5-4-6-19(13-17)24-15(3)20(23)22-12-11-16-7-9-18(21)10-8-16/h4-10,13-15H,11-12,21H2,1-3H3,(H,22,23). The molecule has 0 spiro atoms. The quantitative estimate of drug-likeness (QED) is 0.765. The smallest absolute Gasteiger partial charge is 0.260 e. The third-order valence-electron chi connectivity index (χ3n) is 3.90. The molecular formula is C20H26N2O2. The van der Waals surface area contributed by atoms with E-state index in [0.717, 1.165) is 23.4 Å². The molecule has 0 aliphatic heterocycles. The van der Waals surface area contributed by atoms with Gasteiger partial charge in [-0.15, -0.1) is 0 Å². The number of ether oxygens (including phenoxy) is 1. The molecule has 0 saturated carbocycles. The summed E-state index contributed by atoms with van der Waals surface area (Å²) in [6.45, 7) is 6.60. The predicted molar refractivity (Wildman–Crippen MR) is 98.2 cm³/mol. The van der Waals surface area contributed by atoms with Crippen LogP contribution in [-0.2, 0) is 11.2 Å². The maximum absolute atomic E-state index is 12.2. The molecule has 0 aliphatic carbocycles. The Labute approximate surface area is 144 Å². The van der Waals surface area contributed by atoms with Crippen LogP contribution in [0, 0.1) is 0 Å². The van der Waals surface area contributed by atoms with Gasteiger partial charge in [0.25, 0.3) is 5.91 Å². The Hall–Kier alpha value is -2.49. The van der Waals surface area contributed by atoms with Gasteiger partial charge in [-0.05, 0) is 54.7 Å². The summed E-state index contributed by atoms with van der Waals surface area (Å²) in [6, 6.07) is 15.6. The first-order valence-corrected chi connectivity index (χ1v) is 8.34. The van der Waals surface area contributed by atoms with E-state index in [4.69, 9.17) is 10.5 Å². The molecule has 1 unspecified atom stereocenters. The number of anilines is 1. The molecule has 0 aliphatic rings.